The number of fused-ring (bicyclic) bond motifs is 1. The molecule has 0 aliphatic heterocycles. The van der Waals surface area contributed by atoms with Crippen molar-refractivity contribution in [3.8, 4) is 0 Å². The molecule has 0 aromatic carbocycles. The van der Waals surface area contributed by atoms with Crippen molar-refractivity contribution in [1.29, 1.82) is 0 Å². The molecule has 0 atom stereocenters. The summed E-state index contributed by atoms with van der Waals surface area (Å²) in [6, 6.07) is 3.74. The molecule has 0 radical (unpaired) electrons. The molecule has 0 aliphatic carbocycles. The monoisotopic (exact) mass is 348 g/mol. The van der Waals surface area contributed by atoms with E-state index in [0.717, 1.165) is 4.47 Å². The van der Waals surface area contributed by atoms with Gasteiger partial charge in [0, 0.05) is 12.4 Å². The first-order chi connectivity index (χ1) is 7.22. The van der Waals surface area contributed by atoms with Crippen LogP contribution in [-0.2, 0) is 4.74 Å². The van der Waals surface area contributed by atoms with Gasteiger partial charge in [0.15, 0.2) is 11.3 Å². The van der Waals surface area contributed by atoms with Gasteiger partial charge < -0.3 is 9.14 Å². The number of aromatic nitrogens is 2. The van der Waals surface area contributed by atoms with Crippen LogP contribution in [0.4, 0.5) is 0 Å². The van der Waals surface area contributed by atoms with Crippen molar-refractivity contribution in [1.82, 2.24) is 9.38 Å². The van der Waals surface area contributed by atoms with Crippen LogP contribution in [0.3, 0.4) is 0 Å². The molecule has 86 valence electrons. The van der Waals surface area contributed by atoms with Gasteiger partial charge in [0.05, 0.1) is 11.1 Å². The van der Waals surface area contributed by atoms with Gasteiger partial charge in [-0.1, -0.05) is 0 Å². The third-order valence-corrected chi connectivity index (χ3v) is 2.54. The van der Waals surface area contributed by atoms with Gasteiger partial charge in [-0.05, 0) is 35.0 Å². The number of carbonyl (C=O) groups excluding carboxylic acids is 1. The topological polar surface area (TPSA) is 43.6 Å². The lowest BCUT2D eigenvalue weighted by Crippen LogP contribution is -2.04. The predicted octanol–water partition coefficient (Wildman–Crippen LogP) is 2.85. The average molecular weight is 350 g/mol. The Morgan fingerprint density at radius 3 is 3.00 bits per heavy atom. The van der Waals surface area contributed by atoms with Crippen molar-refractivity contribution in [2.75, 3.05) is 6.61 Å². The van der Waals surface area contributed by atoms with Crippen molar-refractivity contribution in [3.63, 3.8) is 0 Å². The van der Waals surface area contributed by atoms with Crippen LogP contribution in [0.2, 0.25) is 0 Å². The van der Waals surface area contributed by atoms with E-state index in [0.29, 0.717) is 17.9 Å². The molecular formula is C10H10Br2N2O2. The molecule has 2 aromatic rings. The SMILES string of the molecule is Br.CCOC(=O)c1cn2cccc(Br)c2n1. The third kappa shape index (κ3) is 2.44. The maximum absolute atomic E-state index is 11.4. The Labute approximate surface area is 112 Å². The van der Waals surface area contributed by atoms with Gasteiger partial charge in [-0.25, -0.2) is 9.78 Å². The van der Waals surface area contributed by atoms with E-state index in [1.165, 1.54) is 0 Å². The Morgan fingerprint density at radius 2 is 2.38 bits per heavy atom. The summed E-state index contributed by atoms with van der Waals surface area (Å²) in [6.45, 7) is 2.12. The number of imidazole rings is 1. The average Bonchev–Trinajstić information content (AvgIpc) is 2.63. The van der Waals surface area contributed by atoms with E-state index in [1.807, 2.05) is 18.3 Å². The van der Waals surface area contributed by atoms with Gasteiger partial charge in [-0.15, -0.1) is 17.0 Å². The lowest BCUT2D eigenvalue weighted by Gasteiger charge is -1.95. The Balaban J connectivity index is 0.00000128. The number of rotatable bonds is 2. The van der Waals surface area contributed by atoms with E-state index in [2.05, 4.69) is 20.9 Å². The summed E-state index contributed by atoms with van der Waals surface area (Å²) in [6.07, 6.45) is 3.48. The maximum atomic E-state index is 11.4. The zero-order chi connectivity index (χ0) is 10.8. The molecule has 2 heterocycles. The Hall–Kier alpha value is -0.880. The number of hydrogen-bond acceptors (Lipinski definition) is 3. The zero-order valence-electron chi connectivity index (χ0n) is 8.51. The van der Waals surface area contributed by atoms with Crippen molar-refractivity contribution >= 4 is 44.5 Å². The van der Waals surface area contributed by atoms with Gasteiger partial charge in [0.1, 0.15) is 0 Å². The van der Waals surface area contributed by atoms with Crippen LogP contribution in [-0.4, -0.2) is 22.0 Å². The highest BCUT2D eigenvalue weighted by Gasteiger charge is 2.12. The first-order valence-corrected chi connectivity index (χ1v) is 5.32. The predicted molar refractivity (Wildman–Crippen MR) is 69.2 cm³/mol. The van der Waals surface area contributed by atoms with Crippen molar-refractivity contribution < 1.29 is 9.53 Å². The quantitative estimate of drug-likeness (QED) is 0.783. The minimum atomic E-state index is -0.395. The molecule has 0 saturated carbocycles. The molecule has 0 spiro atoms. The molecule has 0 bridgehead atoms. The highest BCUT2D eigenvalue weighted by molar-refractivity contribution is 9.10. The highest BCUT2D eigenvalue weighted by Crippen LogP contribution is 2.17. The van der Waals surface area contributed by atoms with Gasteiger partial charge in [0.25, 0.3) is 0 Å². The molecule has 0 saturated heterocycles. The molecule has 2 rings (SSSR count). The Bertz CT molecular complexity index is 510. The fourth-order valence-corrected chi connectivity index (χ4v) is 1.73. The molecule has 0 unspecified atom stereocenters. The van der Waals surface area contributed by atoms with E-state index in [4.69, 9.17) is 4.74 Å². The second-order valence-corrected chi connectivity index (χ2v) is 3.79. The summed E-state index contributed by atoms with van der Waals surface area (Å²) in [5, 5.41) is 0. The summed E-state index contributed by atoms with van der Waals surface area (Å²) >= 11 is 3.36. The molecule has 6 heteroatoms. The number of carbonyl (C=O) groups is 1. The second kappa shape index (κ2) is 5.45. The van der Waals surface area contributed by atoms with E-state index in [1.54, 1.807) is 17.5 Å². The van der Waals surface area contributed by atoms with E-state index in [-0.39, 0.29) is 17.0 Å². The van der Waals surface area contributed by atoms with Gasteiger partial charge in [0.2, 0.25) is 0 Å². The van der Waals surface area contributed by atoms with Crippen molar-refractivity contribution in [2.45, 2.75) is 6.92 Å². The normalized spacial score (nSPS) is 9.88. The van der Waals surface area contributed by atoms with Crippen LogP contribution >= 0.6 is 32.9 Å². The Kier molecular flexibility index (Phi) is 4.49. The summed E-state index contributed by atoms with van der Waals surface area (Å²) in [5.41, 5.74) is 1.03. The van der Waals surface area contributed by atoms with Crippen molar-refractivity contribution in [2.24, 2.45) is 0 Å². The van der Waals surface area contributed by atoms with Crippen LogP contribution in [0, 0.1) is 0 Å². The van der Waals surface area contributed by atoms with Crippen LogP contribution in [0.1, 0.15) is 17.4 Å². The maximum Gasteiger partial charge on any atom is 0.358 e. The number of halogens is 2. The fraction of sp³-hybridized carbons (Fsp3) is 0.200. The van der Waals surface area contributed by atoms with Gasteiger partial charge >= 0.3 is 5.97 Å². The van der Waals surface area contributed by atoms with E-state index < -0.39 is 5.97 Å². The Morgan fingerprint density at radius 1 is 1.62 bits per heavy atom. The van der Waals surface area contributed by atoms with Crippen molar-refractivity contribution in [3.05, 3.63) is 34.7 Å². The summed E-state index contributed by atoms with van der Waals surface area (Å²) in [7, 11) is 0. The van der Waals surface area contributed by atoms with Crippen LogP contribution in [0.15, 0.2) is 29.0 Å². The number of esters is 1. The smallest absolute Gasteiger partial charge is 0.358 e. The lowest BCUT2D eigenvalue weighted by molar-refractivity contribution is 0.0520. The standard InChI is InChI=1S/C10H9BrN2O2.BrH/c1-2-15-10(14)8-6-13-5-3-4-7(11)9(13)12-8;/h3-6H,2H2,1H3;1H. The molecular weight excluding hydrogens is 340 g/mol. The first kappa shape index (κ1) is 13.2. The molecule has 0 aliphatic rings. The molecule has 0 amide bonds. The molecule has 16 heavy (non-hydrogen) atoms. The first-order valence-electron chi connectivity index (χ1n) is 4.52. The van der Waals surface area contributed by atoms with Crippen LogP contribution in [0.25, 0.3) is 5.65 Å². The molecule has 4 nitrogen and oxygen atoms in total. The molecule has 0 N–H and O–H groups in total. The van der Waals surface area contributed by atoms with E-state index in [9.17, 15) is 4.79 Å². The fourth-order valence-electron chi connectivity index (χ4n) is 1.28. The minimum absolute atomic E-state index is 0. The molecule has 0 fully saturated rings. The number of pyridine rings is 1. The van der Waals surface area contributed by atoms with Crippen LogP contribution in [0.5, 0.6) is 0 Å². The van der Waals surface area contributed by atoms with Gasteiger partial charge in [-0.3, -0.25) is 0 Å². The third-order valence-electron chi connectivity index (χ3n) is 1.92. The largest absolute Gasteiger partial charge is 0.461 e. The minimum Gasteiger partial charge on any atom is -0.461 e. The second-order valence-electron chi connectivity index (χ2n) is 2.93. The summed E-state index contributed by atoms with van der Waals surface area (Å²) < 4.78 is 7.49. The number of nitrogens with zero attached hydrogens (tertiary/aromatic N) is 2. The van der Waals surface area contributed by atoms with E-state index >= 15 is 0 Å². The zero-order valence-corrected chi connectivity index (χ0v) is 11.8. The molecule has 2 aromatic heterocycles. The summed E-state index contributed by atoms with van der Waals surface area (Å²) in [5.74, 6) is -0.395. The van der Waals surface area contributed by atoms with Crippen LogP contribution < -0.4 is 0 Å². The number of hydrogen-bond donors (Lipinski definition) is 0. The summed E-state index contributed by atoms with van der Waals surface area (Å²) in [4.78, 5) is 15.6. The highest BCUT2D eigenvalue weighted by atomic mass is 79.9. The van der Waals surface area contributed by atoms with Gasteiger partial charge in [-0.2, -0.15) is 0 Å². The number of ether oxygens (including phenoxy) is 1. The lowest BCUT2D eigenvalue weighted by atomic mass is 10.5.